The fourth-order valence-corrected chi connectivity index (χ4v) is 4.46. The molecule has 28 heavy (non-hydrogen) atoms. The molecule has 6 heteroatoms. The highest BCUT2D eigenvalue weighted by molar-refractivity contribution is 7.99. The van der Waals surface area contributed by atoms with Crippen molar-refractivity contribution >= 4 is 28.6 Å². The molecule has 2 aliphatic rings. The number of allylic oxidation sites excluding steroid dienone is 2. The van der Waals surface area contributed by atoms with E-state index < -0.39 is 0 Å². The first-order chi connectivity index (χ1) is 13.7. The van der Waals surface area contributed by atoms with Crippen molar-refractivity contribution in [1.29, 1.82) is 0 Å². The summed E-state index contributed by atoms with van der Waals surface area (Å²) in [7, 11) is 0. The molecule has 1 amide bonds. The number of amides is 1. The van der Waals surface area contributed by atoms with Crippen LogP contribution in [-0.4, -0.2) is 27.8 Å². The van der Waals surface area contributed by atoms with E-state index in [0.29, 0.717) is 34.3 Å². The minimum atomic E-state index is -0.0112. The van der Waals surface area contributed by atoms with Crippen LogP contribution in [0.1, 0.15) is 44.9 Å². The Labute approximate surface area is 169 Å². The van der Waals surface area contributed by atoms with Gasteiger partial charge in [-0.15, -0.1) is 0 Å². The standard InChI is InChI=1S/C22H27N3O2S/c26-20(23-14-17-10-11-17)15-28-22-24-19-9-5-4-8-18(19)21(27)25(22)13-12-16-6-2-1-3-7-16/h4-6,8-9,17H,1-3,7,10-15H2,(H,23,26). The zero-order valence-electron chi connectivity index (χ0n) is 16.2. The van der Waals surface area contributed by atoms with Gasteiger partial charge in [0.2, 0.25) is 5.91 Å². The van der Waals surface area contributed by atoms with Crippen molar-refractivity contribution in [3.63, 3.8) is 0 Å². The lowest BCUT2D eigenvalue weighted by Gasteiger charge is -2.16. The second-order valence-corrected chi connectivity index (χ2v) is 8.71. The lowest BCUT2D eigenvalue weighted by molar-refractivity contribution is -0.118. The Kier molecular flexibility index (Phi) is 6.15. The zero-order valence-corrected chi connectivity index (χ0v) is 17.0. The topological polar surface area (TPSA) is 64.0 Å². The number of carbonyl (C=O) groups is 1. The quantitative estimate of drug-likeness (QED) is 0.417. The predicted octanol–water partition coefficient (Wildman–Crippen LogP) is 3.91. The molecular formula is C22H27N3O2S. The molecule has 0 atom stereocenters. The Balaban J connectivity index is 1.52. The highest BCUT2D eigenvalue weighted by Crippen LogP contribution is 2.27. The molecule has 0 spiro atoms. The summed E-state index contributed by atoms with van der Waals surface area (Å²) < 4.78 is 1.76. The maximum Gasteiger partial charge on any atom is 0.262 e. The molecule has 0 unspecified atom stereocenters. The van der Waals surface area contributed by atoms with Gasteiger partial charge < -0.3 is 5.32 Å². The van der Waals surface area contributed by atoms with Crippen LogP contribution in [0.4, 0.5) is 0 Å². The van der Waals surface area contributed by atoms with Gasteiger partial charge in [0.15, 0.2) is 5.16 Å². The van der Waals surface area contributed by atoms with E-state index in [1.807, 2.05) is 24.3 Å². The van der Waals surface area contributed by atoms with Gasteiger partial charge in [0, 0.05) is 13.1 Å². The van der Waals surface area contributed by atoms with E-state index in [4.69, 9.17) is 4.98 Å². The fourth-order valence-electron chi connectivity index (χ4n) is 3.60. The maximum absolute atomic E-state index is 13.1. The van der Waals surface area contributed by atoms with Gasteiger partial charge in [-0.3, -0.25) is 14.2 Å². The Bertz CT molecular complexity index is 946. The SMILES string of the molecule is O=C(CSc1nc2ccccc2c(=O)n1CCC1=CCCCC1)NCC1CC1. The molecule has 0 saturated heterocycles. The molecule has 0 aliphatic heterocycles. The number of para-hydroxylation sites is 1. The summed E-state index contributed by atoms with van der Waals surface area (Å²) in [6.07, 6.45) is 10.4. The fraction of sp³-hybridized carbons (Fsp3) is 0.500. The Hall–Kier alpha value is -2.08. The minimum absolute atomic E-state index is 0.0112. The normalized spacial score (nSPS) is 16.8. The molecule has 1 N–H and O–H groups in total. The number of rotatable bonds is 8. The average molecular weight is 398 g/mol. The smallest absolute Gasteiger partial charge is 0.262 e. The summed E-state index contributed by atoms with van der Waals surface area (Å²) >= 11 is 1.36. The molecule has 1 saturated carbocycles. The van der Waals surface area contributed by atoms with E-state index >= 15 is 0 Å². The third-order valence-corrected chi connectivity index (χ3v) is 6.46. The number of aromatic nitrogens is 2. The number of carbonyl (C=O) groups excluding carboxylic acids is 1. The van der Waals surface area contributed by atoms with E-state index in [0.717, 1.165) is 25.8 Å². The number of nitrogens with one attached hydrogen (secondary N) is 1. The number of fused-ring (bicyclic) bond motifs is 1. The largest absolute Gasteiger partial charge is 0.355 e. The average Bonchev–Trinajstić information content (AvgIpc) is 3.55. The molecule has 4 rings (SSSR count). The molecule has 1 fully saturated rings. The molecular weight excluding hydrogens is 370 g/mol. The van der Waals surface area contributed by atoms with Crippen molar-refractivity contribution in [1.82, 2.24) is 14.9 Å². The second-order valence-electron chi connectivity index (χ2n) is 7.76. The molecule has 1 heterocycles. The number of benzene rings is 1. The van der Waals surface area contributed by atoms with Gasteiger partial charge in [0.05, 0.1) is 16.7 Å². The summed E-state index contributed by atoms with van der Waals surface area (Å²) in [6, 6.07) is 7.46. The van der Waals surface area contributed by atoms with E-state index in [1.54, 1.807) is 4.57 Å². The van der Waals surface area contributed by atoms with Gasteiger partial charge in [-0.25, -0.2) is 4.98 Å². The Morgan fingerprint density at radius 3 is 2.89 bits per heavy atom. The number of thioether (sulfide) groups is 1. The van der Waals surface area contributed by atoms with Crippen LogP contribution in [0.5, 0.6) is 0 Å². The number of hydrogen-bond acceptors (Lipinski definition) is 4. The highest BCUT2D eigenvalue weighted by atomic mass is 32.2. The van der Waals surface area contributed by atoms with Crippen LogP contribution in [-0.2, 0) is 11.3 Å². The van der Waals surface area contributed by atoms with Crippen molar-refractivity contribution in [2.45, 2.75) is 56.6 Å². The lowest BCUT2D eigenvalue weighted by Crippen LogP contribution is -2.28. The zero-order chi connectivity index (χ0) is 19.3. The van der Waals surface area contributed by atoms with Crippen molar-refractivity contribution in [3.8, 4) is 0 Å². The summed E-state index contributed by atoms with van der Waals surface area (Å²) in [4.78, 5) is 29.9. The van der Waals surface area contributed by atoms with Crippen LogP contribution < -0.4 is 10.9 Å². The van der Waals surface area contributed by atoms with Crippen LogP contribution in [0.3, 0.4) is 0 Å². The van der Waals surface area contributed by atoms with E-state index in [2.05, 4.69) is 11.4 Å². The highest BCUT2D eigenvalue weighted by Gasteiger charge is 2.22. The van der Waals surface area contributed by atoms with Crippen LogP contribution in [0.15, 0.2) is 45.9 Å². The summed E-state index contributed by atoms with van der Waals surface area (Å²) in [5, 5.41) is 4.27. The first-order valence-electron chi connectivity index (χ1n) is 10.3. The van der Waals surface area contributed by atoms with E-state index in [-0.39, 0.29) is 11.5 Å². The molecule has 0 radical (unpaired) electrons. The minimum Gasteiger partial charge on any atom is -0.355 e. The first kappa shape index (κ1) is 19.2. The van der Waals surface area contributed by atoms with Crippen LogP contribution in [0, 0.1) is 5.92 Å². The van der Waals surface area contributed by atoms with Gasteiger partial charge in [-0.1, -0.05) is 35.5 Å². The molecule has 0 bridgehead atoms. The molecule has 1 aromatic heterocycles. The number of nitrogens with zero attached hydrogens (tertiary/aromatic N) is 2. The van der Waals surface area contributed by atoms with Crippen molar-refractivity contribution in [2.24, 2.45) is 5.92 Å². The third-order valence-electron chi connectivity index (χ3n) is 5.49. The van der Waals surface area contributed by atoms with Gasteiger partial charge in [-0.05, 0) is 63.0 Å². The van der Waals surface area contributed by atoms with Gasteiger partial charge in [-0.2, -0.15) is 0 Å². The van der Waals surface area contributed by atoms with Crippen molar-refractivity contribution < 1.29 is 4.79 Å². The first-order valence-corrected chi connectivity index (χ1v) is 11.3. The summed E-state index contributed by atoms with van der Waals surface area (Å²) in [5.74, 6) is 0.968. The number of hydrogen-bond donors (Lipinski definition) is 1. The molecule has 2 aromatic rings. The third kappa shape index (κ3) is 4.85. The maximum atomic E-state index is 13.1. The van der Waals surface area contributed by atoms with Crippen molar-refractivity contribution in [3.05, 3.63) is 46.3 Å². The molecule has 148 valence electrons. The van der Waals surface area contributed by atoms with Crippen molar-refractivity contribution in [2.75, 3.05) is 12.3 Å². The van der Waals surface area contributed by atoms with Gasteiger partial charge >= 0.3 is 0 Å². The van der Waals surface area contributed by atoms with Crippen LogP contribution in [0.25, 0.3) is 10.9 Å². The lowest BCUT2D eigenvalue weighted by atomic mass is 9.97. The predicted molar refractivity (Wildman–Crippen MR) is 114 cm³/mol. The van der Waals surface area contributed by atoms with E-state index in [9.17, 15) is 9.59 Å². The van der Waals surface area contributed by atoms with Gasteiger partial charge in [0.25, 0.3) is 5.56 Å². The summed E-state index contributed by atoms with van der Waals surface area (Å²) in [6.45, 7) is 1.39. The van der Waals surface area contributed by atoms with E-state index in [1.165, 1.54) is 43.0 Å². The second kappa shape index (κ2) is 8.95. The van der Waals surface area contributed by atoms with Crippen LogP contribution >= 0.6 is 11.8 Å². The molecule has 5 nitrogen and oxygen atoms in total. The van der Waals surface area contributed by atoms with Gasteiger partial charge in [0.1, 0.15) is 0 Å². The molecule has 1 aromatic carbocycles. The summed E-state index contributed by atoms with van der Waals surface area (Å²) in [5.41, 5.74) is 2.12. The Morgan fingerprint density at radius 2 is 2.11 bits per heavy atom. The Morgan fingerprint density at radius 1 is 1.25 bits per heavy atom. The van der Waals surface area contributed by atoms with Crippen LogP contribution in [0.2, 0.25) is 0 Å². The monoisotopic (exact) mass is 397 g/mol. The molecule has 2 aliphatic carbocycles.